The number of carbonyl (C=O) groups excluding carboxylic acids is 1. The quantitative estimate of drug-likeness (QED) is 0.320. The first-order valence-electron chi connectivity index (χ1n) is 12.6. The van der Waals surface area contributed by atoms with E-state index in [4.69, 9.17) is 9.15 Å². The molecular formula is C29H39N3O4S. The third-order valence-electron chi connectivity index (χ3n) is 6.45. The van der Waals surface area contributed by atoms with Crippen LogP contribution in [0.25, 0.3) is 0 Å². The number of aryl methyl sites for hydroxylation is 2. The van der Waals surface area contributed by atoms with Gasteiger partial charge >= 0.3 is 0 Å². The summed E-state index contributed by atoms with van der Waals surface area (Å²) in [5.74, 6) is 1.50. The lowest BCUT2D eigenvalue weighted by Gasteiger charge is -2.17. The van der Waals surface area contributed by atoms with Crippen LogP contribution in [0.4, 0.5) is 0 Å². The second-order valence-electron chi connectivity index (χ2n) is 9.56. The summed E-state index contributed by atoms with van der Waals surface area (Å²) in [5.41, 5.74) is 5.12. The van der Waals surface area contributed by atoms with Crippen LogP contribution in [0.15, 0.2) is 58.0 Å². The molecule has 0 spiro atoms. The highest BCUT2D eigenvalue weighted by atomic mass is 32.1. The molecule has 1 aromatic heterocycles. The fourth-order valence-corrected chi connectivity index (χ4v) is 4.42. The van der Waals surface area contributed by atoms with Gasteiger partial charge in [-0.2, -0.15) is 0 Å². The van der Waals surface area contributed by atoms with Crippen LogP contribution in [0.2, 0.25) is 0 Å². The molecule has 0 radical (unpaired) electrons. The van der Waals surface area contributed by atoms with E-state index in [9.17, 15) is 9.90 Å². The molecule has 0 bridgehead atoms. The van der Waals surface area contributed by atoms with Gasteiger partial charge in [0.15, 0.2) is 0 Å². The molecule has 3 aromatic rings. The minimum absolute atomic E-state index is 0.0900. The van der Waals surface area contributed by atoms with Gasteiger partial charge in [0.05, 0.1) is 31.4 Å². The Kier molecular flexibility index (Phi) is 10.6. The molecule has 7 nitrogen and oxygen atoms in total. The van der Waals surface area contributed by atoms with Crippen molar-refractivity contribution in [2.75, 3.05) is 27.2 Å². The Morgan fingerprint density at radius 2 is 1.89 bits per heavy atom. The largest absolute Gasteiger partial charge is 0.497 e. The van der Waals surface area contributed by atoms with Crippen molar-refractivity contribution in [2.24, 2.45) is 0 Å². The van der Waals surface area contributed by atoms with E-state index in [0.717, 1.165) is 59.2 Å². The number of benzene rings is 2. The Morgan fingerprint density at radius 3 is 2.46 bits per heavy atom. The monoisotopic (exact) mass is 525 g/mol. The summed E-state index contributed by atoms with van der Waals surface area (Å²) in [6, 6.07) is 13.9. The lowest BCUT2D eigenvalue weighted by molar-refractivity contribution is 0.0939. The number of hydrogen-bond acceptors (Lipinski definition) is 7. The van der Waals surface area contributed by atoms with Crippen molar-refractivity contribution in [3.8, 4) is 5.75 Å². The Bertz CT molecular complexity index is 1140. The van der Waals surface area contributed by atoms with Crippen molar-refractivity contribution in [3.05, 3.63) is 82.3 Å². The van der Waals surface area contributed by atoms with Crippen molar-refractivity contribution in [2.45, 2.75) is 57.3 Å². The Balaban J connectivity index is 0.000000289. The standard InChI is InChI=1S/C20H27N3O3.C9H12OS/c1-14(22-20(25)17-9-19(10-21-2)26-13-17)16-5-3-15(4-6-16)11-23-8-7-18(24)12-23;1-6-4-8(10-3)5-7(2)9(6)11/h3-6,9,13-14,18,21,24H,7-8,10-12H2,1-2H3,(H,22,25);4-5,11H,1-3H3. The number of likely N-dealkylation sites (tertiary alicyclic amines) is 1. The van der Waals surface area contributed by atoms with Gasteiger partial charge < -0.3 is 24.9 Å². The summed E-state index contributed by atoms with van der Waals surface area (Å²) < 4.78 is 10.5. The van der Waals surface area contributed by atoms with Crippen molar-refractivity contribution in [3.63, 3.8) is 0 Å². The van der Waals surface area contributed by atoms with Gasteiger partial charge in [0.2, 0.25) is 0 Å². The number of aliphatic hydroxyl groups excluding tert-OH is 1. The van der Waals surface area contributed by atoms with Gasteiger partial charge in [0.1, 0.15) is 17.8 Å². The van der Waals surface area contributed by atoms with Crippen molar-refractivity contribution in [1.29, 1.82) is 0 Å². The average molecular weight is 526 g/mol. The maximum absolute atomic E-state index is 12.4. The number of nitrogens with zero attached hydrogens (tertiary/aromatic N) is 1. The highest BCUT2D eigenvalue weighted by Crippen LogP contribution is 2.24. The zero-order valence-corrected chi connectivity index (χ0v) is 23.3. The highest BCUT2D eigenvalue weighted by Gasteiger charge is 2.20. The molecule has 37 heavy (non-hydrogen) atoms. The maximum Gasteiger partial charge on any atom is 0.255 e. The smallest absolute Gasteiger partial charge is 0.255 e. The third kappa shape index (κ3) is 8.36. The average Bonchev–Trinajstić information content (AvgIpc) is 3.52. The summed E-state index contributed by atoms with van der Waals surface area (Å²) in [6.07, 6.45) is 2.15. The molecule has 2 aromatic carbocycles. The number of nitrogens with one attached hydrogen (secondary N) is 2. The van der Waals surface area contributed by atoms with E-state index in [1.54, 1.807) is 13.2 Å². The summed E-state index contributed by atoms with van der Waals surface area (Å²) in [5, 5.41) is 15.6. The molecule has 8 heteroatoms. The number of aliphatic hydroxyl groups is 1. The van der Waals surface area contributed by atoms with E-state index in [0.29, 0.717) is 12.1 Å². The number of methoxy groups -OCH3 is 1. The lowest BCUT2D eigenvalue weighted by atomic mass is 10.1. The maximum atomic E-state index is 12.4. The minimum atomic E-state index is -0.193. The summed E-state index contributed by atoms with van der Waals surface area (Å²) in [7, 11) is 3.51. The molecule has 1 aliphatic rings. The fraction of sp³-hybridized carbons (Fsp3) is 0.414. The molecule has 0 saturated carbocycles. The van der Waals surface area contributed by atoms with E-state index in [2.05, 4.69) is 52.4 Å². The Morgan fingerprint density at radius 1 is 1.22 bits per heavy atom. The van der Waals surface area contributed by atoms with Gasteiger partial charge in [0.25, 0.3) is 5.91 Å². The van der Waals surface area contributed by atoms with Crippen LogP contribution in [0, 0.1) is 13.8 Å². The zero-order valence-electron chi connectivity index (χ0n) is 22.4. The van der Waals surface area contributed by atoms with Gasteiger partial charge in [-0.25, -0.2) is 0 Å². The molecule has 200 valence electrons. The van der Waals surface area contributed by atoms with Gasteiger partial charge in [-0.3, -0.25) is 9.69 Å². The molecule has 2 unspecified atom stereocenters. The van der Waals surface area contributed by atoms with Crippen LogP contribution >= 0.6 is 12.6 Å². The molecule has 1 amide bonds. The topological polar surface area (TPSA) is 87.0 Å². The number of hydrogen-bond donors (Lipinski definition) is 4. The number of rotatable bonds is 8. The first-order valence-corrected chi connectivity index (χ1v) is 13.0. The fourth-order valence-electron chi connectivity index (χ4n) is 4.29. The van der Waals surface area contributed by atoms with Gasteiger partial charge in [0, 0.05) is 24.5 Å². The van der Waals surface area contributed by atoms with Crippen LogP contribution in [0.1, 0.15) is 57.8 Å². The van der Waals surface area contributed by atoms with Crippen LogP contribution in [-0.4, -0.2) is 49.3 Å². The van der Waals surface area contributed by atoms with Gasteiger partial charge in [-0.15, -0.1) is 12.6 Å². The van der Waals surface area contributed by atoms with E-state index >= 15 is 0 Å². The normalized spacial score (nSPS) is 16.1. The van der Waals surface area contributed by atoms with E-state index in [1.165, 1.54) is 11.8 Å². The van der Waals surface area contributed by atoms with Gasteiger partial charge in [-0.1, -0.05) is 24.3 Å². The number of carbonyl (C=O) groups is 1. The number of furan rings is 1. The van der Waals surface area contributed by atoms with Crippen LogP contribution in [0.5, 0.6) is 5.75 Å². The molecule has 3 N–H and O–H groups in total. The molecule has 1 fully saturated rings. The Hall–Kier alpha value is -2.78. The lowest BCUT2D eigenvalue weighted by Crippen LogP contribution is -2.26. The van der Waals surface area contributed by atoms with E-state index in [1.807, 2.05) is 40.0 Å². The second kappa shape index (κ2) is 13.7. The van der Waals surface area contributed by atoms with E-state index in [-0.39, 0.29) is 18.1 Å². The molecule has 4 rings (SSSR count). The van der Waals surface area contributed by atoms with Crippen molar-refractivity contribution >= 4 is 18.5 Å². The van der Waals surface area contributed by atoms with Gasteiger partial charge in [-0.05, 0) is 74.7 Å². The first kappa shape index (κ1) is 28.8. The van der Waals surface area contributed by atoms with Crippen molar-refractivity contribution in [1.82, 2.24) is 15.5 Å². The van der Waals surface area contributed by atoms with Crippen LogP contribution in [-0.2, 0) is 13.1 Å². The molecule has 0 aliphatic carbocycles. The molecule has 1 saturated heterocycles. The molecular weight excluding hydrogens is 486 g/mol. The number of thiol groups is 1. The third-order valence-corrected chi connectivity index (χ3v) is 7.15. The Labute approximate surface area is 225 Å². The second-order valence-corrected chi connectivity index (χ2v) is 10.0. The van der Waals surface area contributed by atoms with Crippen LogP contribution in [0.3, 0.4) is 0 Å². The highest BCUT2D eigenvalue weighted by molar-refractivity contribution is 7.80. The SMILES string of the molecule is CNCc1cc(C(=O)NC(C)c2ccc(CN3CCC(O)C3)cc2)co1.COc1cc(C)c(S)c(C)c1. The van der Waals surface area contributed by atoms with Crippen LogP contribution < -0.4 is 15.4 Å². The molecule has 2 atom stereocenters. The van der Waals surface area contributed by atoms with E-state index < -0.39 is 0 Å². The molecule has 1 aliphatic heterocycles. The summed E-state index contributed by atoms with van der Waals surface area (Å²) >= 11 is 4.34. The minimum Gasteiger partial charge on any atom is -0.497 e. The first-order chi connectivity index (χ1) is 17.7. The number of ether oxygens (including phenoxy) is 1. The zero-order chi connectivity index (χ0) is 26.9. The summed E-state index contributed by atoms with van der Waals surface area (Å²) in [4.78, 5) is 15.7. The predicted octanol–water partition coefficient (Wildman–Crippen LogP) is 4.66. The number of β-amino-alcohol motifs (C(OH)–C–C–N with tert-alkyl or cyclic N) is 1. The van der Waals surface area contributed by atoms with Crippen molar-refractivity contribution < 1.29 is 19.1 Å². The summed E-state index contributed by atoms with van der Waals surface area (Å²) in [6.45, 7) is 9.15. The number of amides is 1. The molecule has 2 heterocycles. The predicted molar refractivity (Wildman–Crippen MR) is 149 cm³/mol.